The van der Waals surface area contributed by atoms with E-state index in [2.05, 4.69) is 59.0 Å². The Morgan fingerprint density at radius 1 is 0.875 bits per heavy atom. The number of ether oxygens (including phenoxy) is 2. The Bertz CT molecular complexity index is 1640. The summed E-state index contributed by atoms with van der Waals surface area (Å²) in [5, 5.41) is 1.01. The Balaban J connectivity index is 1.26. The zero-order valence-corrected chi connectivity index (χ0v) is 22.7. The SMILES string of the molecule is COc1ccccc1OCC(=O)N1CCN(c2ncnc3c2c(-c2ccccc2)cn3-c2cccc(C)c2)CC1. The first-order valence-electron chi connectivity index (χ1n) is 13.4. The summed E-state index contributed by atoms with van der Waals surface area (Å²) in [6.45, 7) is 4.55. The third-order valence-corrected chi connectivity index (χ3v) is 7.28. The van der Waals surface area contributed by atoms with Crippen LogP contribution in [0.3, 0.4) is 0 Å². The molecule has 8 heteroatoms. The molecule has 202 valence electrons. The smallest absolute Gasteiger partial charge is 0.260 e. The fourth-order valence-corrected chi connectivity index (χ4v) is 5.23. The summed E-state index contributed by atoms with van der Waals surface area (Å²) in [6.07, 6.45) is 3.79. The number of para-hydroxylation sites is 2. The van der Waals surface area contributed by atoms with Crippen molar-refractivity contribution >= 4 is 22.8 Å². The molecule has 8 nitrogen and oxygen atoms in total. The number of methoxy groups -OCH3 is 1. The molecule has 1 aliphatic heterocycles. The Hall–Kier alpha value is -4.85. The molecule has 5 aromatic rings. The molecule has 0 aliphatic carbocycles. The number of rotatable bonds is 7. The van der Waals surface area contributed by atoms with Crippen molar-refractivity contribution in [2.24, 2.45) is 0 Å². The second-order valence-corrected chi connectivity index (χ2v) is 9.82. The molecule has 0 saturated carbocycles. The molecule has 0 spiro atoms. The number of aryl methyl sites for hydroxylation is 1. The number of fused-ring (bicyclic) bond motifs is 1. The van der Waals surface area contributed by atoms with Gasteiger partial charge in [0.2, 0.25) is 0 Å². The molecule has 1 amide bonds. The zero-order valence-electron chi connectivity index (χ0n) is 22.7. The lowest BCUT2D eigenvalue weighted by atomic mass is 10.1. The molecule has 0 radical (unpaired) electrons. The van der Waals surface area contributed by atoms with E-state index in [1.54, 1.807) is 19.5 Å². The third kappa shape index (κ3) is 4.96. The van der Waals surface area contributed by atoms with Gasteiger partial charge in [-0.25, -0.2) is 9.97 Å². The van der Waals surface area contributed by atoms with E-state index in [0.717, 1.165) is 33.7 Å². The molecule has 2 aromatic heterocycles. The predicted octanol–water partition coefficient (Wildman–Crippen LogP) is 5.13. The maximum Gasteiger partial charge on any atom is 0.260 e. The van der Waals surface area contributed by atoms with E-state index in [4.69, 9.17) is 19.4 Å². The highest BCUT2D eigenvalue weighted by Crippen LogP contribution is 2.37. The summed E-state index contributed by atoms with van der Waals surface area (Å²) >= 11 is 0. The maximum atomic E-state index is 13.0. The monoisotopic (exact) mass is 533 g/mol. The van der Waals surface area contributed by atoms with Crippen LogP contribution in [0.1, 0.15) is 5.56 Å². The van der Waals surface area contributed by atoms with Crippen molar-refractivity contribution in [3.63, 3.8) is 0 Å². The molecule has 1 aliphatic rings. The second-order valence-electron chi connectivity index (χ2n) is 9.82. The van der Waals surface area contributed by atoms with Gasteiger partial charge in [0.15, 0.2) is 23.8 Å². The number of aromatic nitrogens is 3. The summed E-state index contributed by atoms with van der Waals surface area (Å²) in [7, 11) is 1.59. The number of amides is 1. The Labute approximate surface area is 233 Å². The summed E-state index contributed by atoms with van der Waals surface area (Å²) in [4.78, 5) is 26.6. The van der Waals surface area contributed by atoms with E-state index in [-0.39, 0.29) is 12.5 Å². The van der Waals surface area contributed by atoms with Gasteiger partial charge in [-0.2, -0.15) is 0 Å². The largest absolute Gasteiger partial charge is 0.493 e. The number of carbonyl (C=O) groups excluding carboxylic acids is 1. The van der Waals surface area contributed by atoms with Crippen LogP contribution in [-0.2, 0) is 4.79 Å². The molecule has 0 bridgehead atoms. The molecule has 3 aromatic carbocycles. The minimum atomic E-state index is -0.0473. The summed E-state index contributed by atoms with van der Waals surface area (Å²) < 4.78 is 13.2. The van der Waals surface area contributed by atoms with Crippen LogP contribution < -0.4 is 14.4 Å². The van der Waals surface area contributed by atoms with Crippen molar-refractivity contribution in [3.05, 3.63) is 97.0 Å². The number of anilines is 1. The minimum absolute atomic E-state index is 0.0321. The van der Waals surface area contributed by atoms with E-state index in [1.807, 2.05) is 41.3 Å². The number of hydrogen-bond acceptors (Lipinski definition) is 6. The van der Waals surface area contributed by atoms with Crippen LogP contribution in [0.4, 0.5) is 5.82 Å². The number of hydrogen-bond donors (Lipinski definition) is 0. The van der Waals surface area contributed by atoms with Gasteiger partial charge >= 0.3 is 0 Å². The Morgan fingerprint density at radius 3 is 2.38 bits per heavy atom. The van der Waals surface area contributed by atoms with Crippen molar-refractivity contribution in [1.29, 1.82) is 0 Å². The van der Waals surface area contributed by atoms with Crippen molar-refractivity contribution in [2.75, 3.05) is 44.8 Å². The highest BCUT2D eigenvalue weighted by Gasteiger charge is 2.26. The minimum Gasteiger partial charge on any atom is -0.493 e. The van der Waals surface area contributed by atoms with E-state index in [1.165, 1.54) is 5.56 Å². The van der Waals surface area contributed by atoms with Crippen LogP contribution >= 0.6 is 0 Å². The quantitative estimate of drug-likeness (QED) is 0.289. The van der Waals surface area contributed by atoms with Crippen LogP contribution in [0.5, 0.6) is 11.5 Å². The van der Waals surface area contributed by atoms with Gasteiger partial charge in [0.05, 0.1) is 12.5 Å². The average Bonchev–Trinajstić information content (AvgIpc) is 3.41. The zero-order chi connectivity index (χ0) is 27.5. The van der Waals surface area contributed by atoms with Gasteiger partial charge < -0.3 is 23.8 Å². The molecule has 40 heavy (non-hydrogen) atoms. The van der Waals surface area contributed by atoms with Crippen molar-refractivity contribution in [1.82, 2.24) is 19.4 Å². The van der Waals surface area contributed by atoms with E-state index >= 15 is 0 Å². The normalized spacial score (nSPS) is 13.4. The first-order chi connectivity index (χ1) is 19.6. The highest BCUT2D eigenvalue weighted by molar-refractivity contribution is 6.02. The lowest BCUT2D eigenvalue weighted by Crippen LogP contribution is -2.50. The molecule has 0 atom stereocenters. The van der Waals surface area contributed by atoms with Crippen LogP contribution in [-0.4, -0.2) is 65.2 Å². The van der Waals surface area contributed by atoms with Gasteiger partial charge in [-0.15, -0.1) is 0 Å². The van der Waals surface area contributed by atoms with Crippen LogP contribution in [0.2, 0.25) is 0 Å². The molecular weight excluding hydrogens is 502 g/mol. The second kappa shape index (κ2) is 11.1. The summed E-state index contributed by atoms with van der Waals surface area (Å²) in [6, 6.07) is 26.1. The first kappa shape index (κ1) is 25.4. The van der Waals surface area contributed by atoms with Crippen LogP contribution in [0.15, 0.2) is 91.4 Å². The first-order valence-corrected chi connectivity index (χ1v) is 13.4. The van der Waals surface area contributed by atoms with Gasteiger partial charge in [0, 0.05) is 43.6 Å². The van der Waals surface area contributed by atoms with E-state index < -0.39 is 0 Å². The van der Waals surface area contributed by atoms with Crippen molar-refractivity contribution < 1.29 is 14.3 Å². The van der Waals surface area contributed by atoms with Crippen LogP contribution in [0, 0.1) is 6.92 Å². The lowest BCUT2D eigenvalue weighted by molar-refractivity contribution is -0.133. The standard InChI is InChI=1S/C32H31N5O3/c1-23-9-8-12-25(19-23)37-20-26(24-10-4-3-5-11-24)30-31(33-22-34-32(30)37)36-17-15-35(16-18-36)29(38)21-40-28-14-7-6-13-27(28)39-2/h3-14,19-20,22H,15-18,21H2,1-2H3. The average molecular weight is 534 g/mol. The summed E-state index contributed by atoms with van der Waals surface area (Å²) in [5.74, 6) is 2.01. The molecule has 0 N–H and O–H groups in total. The molecule has 3 heterocycles. The van der Waals surface area contributed by atoms with Gasteiger partial charge in [0.1, 0.15) is 12.1 Å². The van der Waals surface area contributed by atoms with E-state index in [9.17, 15) is 4.79 Å². The molecular formula is C32H31N5O3. The lowest BCUT2D eigenvalue weighted by Gasteiger charge is -2.35. The fourth-order valence-electron chi connectivity index (χ4n) is 5.23. The number of piperazine rings is 1. The molecule has 6 rings (SSSR count). The third-order valence-electron chi connectivity index (χ3n) is 7.28. The number of nitrogens with zero attached hydrogens (tertiary/aromatic N) is 5. The Kier molecular flexibility index (Phi) is 7.06. The molecule has 0 unspecified atom stereocenters. The number of benzene rings is 3. The van der Waals surface area contributed by atoms with Gasteiger partial charge in [-0.1, -0.05) is 54.6 Å². The molecule has 1 fully saturated rings. The number of carbonyl (C=O) groups is 1. The fraction of sp³-hybridized carbons (Fsp3) is 0.219. The van der Waals surface area contributed by atoms with Crippen molar-refractivity contribution in [2.45, 2.75) is 6.92 Å². The Morgan fingerprint density at radius 2 is 1.62 bits per heavy atom. The highest BCUT2D eigenvalue weighted by atomic mass is 16.5. The van der Waals surface area contributed by atoms with Crippen LogP contribution in [0.25, 0.3) is 27.8 Å². The van der Waals surface area contributed by atoms with Gasteiger partial charge in [-0.3, -0.25) is 4.79 Å². The van der Waals surface area contributed by atoms with Crippen molar-refractivity contribution in [3.8, 4) is 28.3 Å². The topological polar surface area (TPSA) is 72.7 Å². The predicted molar refractivity (Wildman–Crippen MR) is 156 cm³/mol. The van der Waals surface area contributed by atoms with Gasteiger partial charge in [0.25, 0.3) is 5.91 Å². The molecule has 1 saturated heterocycles. The van der Waals surface area contributed by atoms with E-state index in [0.29, 0.717) is 37.7 Å². The van der Waals surface area contributed by atoms with Gasteiger partial charge in [-0.05, 0) is 42.3 Å². The summed E-state index contributed by atoms with van der Waals surface area (Å²) in [5.41, 5.74) is 5.29. The maximum absolute atomic E-state index is 13.0.